The number of H-pyrrole nitrogens is 1. The molecular formula is C25H29F2N3O3S. The van der Waals surface area contributed by atoms with Crippen LogP contribution >= 0.6 is 11.9 Å². The van der Waals surface area contributed by atoms with Gasteiger partial charge in [-0.15, -0.1) is 0 Å². The number of carbonyl (C=O) groups excluding carboxylic acids is 1. The maximum Gasteiger partial charge on any atom is 0.197 e. The van der Waals surface area contributed by atoms with Crippen LogP contribution in [-0.4, -0.2) is 47.3 Å². The summed E-state index contributed by atoms with van der Waals surface area (Å²) in [7, 11) is 2.32. The summed E-state index contributed by atoms with van der Waals surface area (Å²) in [6.45, 7) is 1.52. The highest BCUT2D eigenvalue weighted by atomic mass is 32.2. The highest BCUT2D eigenvalue weighted by Gasteiger charge is 2.19. The first-order valence-electron chi connectivity index (χ1n) is 10.4. The second kappa shape index (κ2) is 13.4. The molecule has 0 aliphatic carbocycles. The number of rotatable bonds is 8. The molecule has 182 valence electrons. The molecule has 0 saturated heterocycles. The molecule has 0 saturated carbocycles. The van der Waals surface area contributed by atoms with Gasteiger partial charge in [0, 0.05) is 36.9 Å². The molecule has 0 unspecified atom stereocenters. The monoisotopic (exact) mass is 489 g/mol. The largest absolute Gasteiger partial charge is 0.488 e. The fourth-order valence-corrected chi connectivity index (χ4v) is 3.62. The Morgan fingerprint density at radius 2 is 1.88 bits per heavy atom. The number of aryl methyl sites for hydroxylation is 2. The van der Waals surface area contributed by atoms with E-state index in [9.17, 15) is 13.6 Å². The van der Waals surface area contributed by atoms with Crippen LogP contribution in [0.4, 0.5) is 14.5 Å². The Morgan fingerprint density at radius 1 is 1.15 bits per heavy atom. The van der Waals surface area contributed by atoms with Gasteiger partial charge in [0.1, 0.15) is 6.61 Å². The minimum absolute atomic E-state index is 0.0544. The van der Waals surface area contributed by atoms with Crippen LogP contribution in [0.25, 0.3) is 11.1 Å². The standard InChI is InChI=1S/C24H26FN3O3S.CH3F/c1-16-12-18(17-6-4-7-19(13-17)27-32-3)15-28(2)26-14-21(16)24(30)20-8-5-9-22(23(20)25)31-11-10-29;1-2/h4-9,12-15,26-27,29H,10-11H2,1-3H3;1H3. The summed E-state index contributed by atoms with van der Waals surface area (Å²) in [5, 5.41) is 12.0. The molecule has 3 aromatic rings. The summed E-state index contributed by atoms with van der Waals surface area (Å²) in [5.41, 5.74) is 3.75. The van der Waals surface area contributed by atoms with Crippen LogP contribution in [-0.2, 0) is 7.05 Å². The average molecular weight is 490 g/mol. The molecule has 34 heavy (non-hydrogen) atoms. The summed E-state index contributed by atoms with van der Waals surface area (Å²) in [6, 6.07) is 14.3. The predicted octanol–water partition coefficient (Wildman–Crippen LogP) is 5.47. The van der Waals surface area contributed by atoms with Crippen molar-refractivity contribution in [2.24, 2.45) is 7.05 Å². The van der Waals surface area contributed by atoms with Crippen molar-refractivity contribution in [2.45, 2.75) is 6.92 Å². The number of aliphatic hydroxyl groups excluding tert-OH is 1. The third-order valence-corrected chi connectivity index (χ3v) is 5.20. The maximum absolute atomic E-state index is 14.9. The van der Waals surface area contributed by atoms with Gasteiger partial charge >= 0.3 is 0 Å². The number of anilines is 1. The van der Waals surface area contributed by atoms with Crippen molar-refractivity contribution in [3.63, 3.8) is 0 Å². The molecule has 0 amide bonds. The summed E-state index contributed by atoms with van der Waals surface area (Å²) < 4.78 is 34.6. The second-order valence-corrected chi connectivity index (χ2v) is 7.73. The normalized spacial score (nSPS) is 10.1. The Labute approximate surface area is 202 Å². The van der Waals surface area contributed by atoms with Crippen LogP contribution in [0.2, 0.25) is 0 Å². The zero-order chi connectivity index (χ0) is 25.1. The van der Waals surface area contributed by atoms with Crippen molar-refractivity contribution in [2.75, 3.05) is 31.4 Å². The van der Waals surface area contributed by atoms with Crippen LogP contribution in [0.1, 0.15) is 21.5 Å². The van der Waals surface area contributed by atoms with Gasteiger partial charge in [0.2, 0.25) is 0 Å². The molecule has 3 rings (SSSR count). The number of aliphatic hydroxyl groups is 1. The summed E-state index contributed by atoms with van der Waals surface area (Å²) in [5.74, 6) is -1.28. The number of ketones is 1. The van der Waals surface area contributed by atoms with E-state index in [2.05, 4.69) is 9.82 Å². The van der Waals surface area contributed by atoms with Gasteiger partial charge in [0.15, 0.2) is 17.3 Å². The smallest absolute Gasteiger partial charge is 0.197 e. The van der Waals surface area contributed by atoms with Crippen molar-refractivity contribution in [3.05, 3.63) is 83.4 Å². The first-order chi connectivity index (χ1) is 16.4. The number of alkyl halides is 1. The second-order valence-electron chi connectivity index (χ2n) is 7.12. The molecule has 6 nitrogen and oxygen atoms in total. The molecule has 1 heterocycles. The number of halogens is 2. The molecule has 0 aliphatic rings. The van der Waals surface area contributed by atoms with E-state index in [4.69, 9.17) is 9.84 Å². The number of hydrogen-bond acceptors (Lipinski definition) is 5. The predicted molar refractivity (Wildman–Crippen MR) is 134 cm³/mol. The summed E-state index contributed by atoms with van der Waals surface area (Å²) in [6.07, 6.45) is 5.44. The van der Waals surface area contributed by atoms with Gasteiger partial charge in [-0.05, 0) is 53.9 Å². The number of aromatic amines is 1. The number of ether oxygens (including phenoxy) is 1. The van der Waals surface area contributed by atoms with E-state index in [1.807, 2.05) is 56.8 Å². The van der Waals surface area contributed by atoms with E-state index in [0.29, 0.717) is 18.3 Å². The molecule has 2 aromatic carbocycles. The van der Waals surface area contributed by atoms with E-state index in [0.717, 1.165) is 16.8 Å². The molecule has 3 N–H and O–H groups in total. The highest BCUT2D eigenvalue weighted by Crippen LogP contribution is 2.26. The number of aromatic nitrogens is 2. The van der Waals surface area contributed by atoms with Crippen LogP contribution in [0, 0.1) is 12.7 Å². The van der Waals surface area contributed by atoms with Gasteiger partial charge in [-0.1, -0.05) is 30.1 Å². The summed E-state index contributed by atoms with van der Waals surface area (Å²) >= 11 is 1.51. The quantitative estimate of drug-likeness (QED) is 0.289. The Balaban J connectivity index is 0.00000199. The number of nitrogens with zero attached hydrogens (tertiary/aromatic N) is 1. The lowest BCUT2D eigenvalue weighted by atomic mass is 9.99. The van der Waals surface area contributed by atoms with Gasteiger partial charge in [-0.3, -0.25) is 13.9 Å². The Morgan fingerprint density at radius 3 is 2.59 bits per heavy atom. The zero-order valence-corrected chi connectivity index (χ0v) is 20.4. The lowest BCUT2D eigenvalue weighted by Crippen LogP contribution is -2.10. The van der Waals surface area contributed by atoms with Gasteiger partial charge in [0.05, 0.1) is 19.3 Å². The molecule has 0 aliphatic heterocycles. The molecule has 1 aromatic heterocycles. The zero-order valence-electron chi connectivity index (χ0n) is 19.6. The van der Waals surface area contributed by atoms with Crippen LogP contribution in [0.3, 0.4) is 0 Å². The molecule has 0 bridgehead atoms. The van der Waals surface area contributed by atoms with Crippen LogP contribution < -0.4 is 9.46 Å². The van der Waals surface area contributed by atoms with Gasteiger partial charge < -0.3 is 19.7 Å². The lowest BCUT2D eigenvalue weighted by Gasteiger charge is -2.11. The molecular weight excluding hydrogens is 460 g/mol. The van der Waals surface area contributed by atoms with Crippen molar-refractivity contribution in [1.82, 2.24) is 9.78 Å². The van der Waals surface area contributed by atoms with Crippen molar-refractivity contribution in [3.8, 4) is 16.9 Å². The fraction of sp³-hybridized carbons (Fsp3) is 0.240. The van der Waals surface area contributed by atoms with Crippen molar-refractivity contribution >= 4 is 23.4 Å². The first kappa shape index (κ1) is 26.9. The maximum atomic E-state index is 14.9. The van der Waals surface area contributed by atoms with Crippen molar-refractivity contribution < 1.29 is 23.4 Å². The van der Waals surface area contributed by atoms with Gasteiger partial charge in [0.25, 0.3) is 0 Å². The van der Waals surface area contributed by atoms with Crippen LogP contribution in [0.15, 0.2) is 60.9 Å². The molecule has 0 atom stereocenters. The van der Waals surface area contributed by atoms with Crippen molar-refractivity contribution in [1.29, 1.82) is 0 Å². The number of carbonyl (C=O) groups is 1. The number of hydrogen-bond donors (Lipinski definition) is 3. The SMILES string of the molecule is CF.CSNc1cccc(-c2cc(C)c(C(=O)c3cccc(OCCO)c3F)c[nH]n(C)c2)c1. The van der Waals surface area contributed by atoms with E-state index in [1.165, 1.54) is 24.1 Å². The minimum atomic E-state index is -0.748. The number of benzene rings is 2. The molecule has 9 heteroatoms. The topological polar surface area (TPSA) is 79.3 Å². The Bertz CT molecular complexity index is 1160. The number of nitrogens with one attached hydrogen (secondary N) is 2. The van der Waals surface area contributed by atoms with E-state index in [1.54, 1.807) is 16.9 Å². The van der Waals surface area contributed by atoms with Gasteiger partial charge in [-0.25, -0.2) is 4.39 Å². The van der Waals surface area contributed by atoms with Crippen LogP contribution in [0.5, 0.6) is 5.75 Å². The van der Waals surface area contributed by atoms with E-state index < -0.39 is 11.6 Å². The minimum Gasteiger partial charge on any atom is -0.488 e. The highest BCUT2D eigenvalue weighted by molar-refractivity contribution is 7.99. The molecule has 0 radical (unpaired) electrons. The lowest BCUT2D eigenvalue weighted by molar-refractivity contribution is 0.103. The summed E-state index contributed by atoms with van der Waals surface area (Å²) in [4.78, 5) is 13.3. The van der Waals surface area contributed by atoms with E-state index >= 15 is 0 Å². The third-order valence-electron chi connectivity index (χ3n) is 4.76. The fourth-order valence-electron chi connectivity index (χ4n) is 3.26. The van der Waals surface area contributed by atoms with E-state index in [-0.39, 0.29) is 24.5 Å². The average Bonchev–Trinajstić information content (AvgIpc) is 2.83. The Kier molecular flexibility index (Phi) is 10.6. The molecule has 0 spiro atoms. The third kappa shape index (κ3) is 6.85. The van der Waals surface area contributed by atoms with Gasteiger partial charge in [-0.2, -0.15) is 0 Å². The first-order valence-corrected chi connectivity index (χ1v) is 11.6. The Hall–Kier alpha value is -3.30. The molecule has 0 fully saturated rings.